The number of alkyl halides is 1. The third kappa shape index (κ3) is 10.4. The number of nitrogens with one attached hydrogen (secondary N) is 4. The van der Waals surface area contributed by atoms with Crippen molar-refractivity contribution in [2.45, 2.75) is 87.4 Å². The van der Waals surface area contributed by atoms with Crippen LogP contribution in [0.25, 0.3) is 10.8 Å². The van der Waals surface area contributed by atoms with Gasteiger partial charge in [-0.25, -0.2) is 14.0 Å². The number of rotatable bonds is 18. The molecule has 1 fully saturated rings. The van der Waals surface area contributed by atoms with Crippen LogP contribution in [0.4, 0.5) is 4.39 Å². The topological polar surface area (TPSA) is 275 Å². The molecule has 0 radical (unpaired) electrons. The highest BCUT2D eigenvalue weighted by Crippen LogP contribution is 2.30. The van der Waals surface area contributed by atoms with Gasteiger partial charge >= 0.3 is 17.6 Å². The Balaban J connectivity index is 1.49. The highest BCUT2D eigenvalue weighted by Gasteiger charge is 2.49. The lowest BCUT2D eigenvalue weighted by Crippen LogP contribution is -2.65. The summed E-state index contributed by atoms with van der Waals surface area (Å²) in [6.07, 6.45) is -0.458. The van der Waals surface area contributed by atoms with E-state index < -0.39 is 89.5 Å². The number of carbonyl (C=O) groups excluding carboxylic acids is 5. The van der Waals surface area contributed by atoms with Gasteiger partial charge in [0.15, 0.2) is 0 Å². The van der Waals surface area contributed by atoms with Gasteiger partial charge in [-0.2, -0.15) is 0 Å². The van der Waals surface area contributed by atoms with Gasteiger partial charge in [0.2, 0.25) is 29.9 Å². The number of benzene rings is 3. The molecule has 0 aromatic heterocycles. The molecule has 3 aromatic carbocycles. The summed E-state index contributed by atoms with van der Waals surface area (Å²) in [5.41, 5.74) is 0.536. The van der Waals surface area contributed by atoms with E-state index in [0.717, 1.165) is 40.6 Å². The van der Waals surface area contributed by atoms with Crippen LogP contribution in [0, 0.1) is 0 Å². The lowest BCUT2D eigenvalue weighted by atomic mass is 9.80. The summed E-state index contributed by atoms with van der Waals surface area (Å²) < 4.78 is 14.9. The van der Waals surface area contributed by atoms with E-state index in [1.807, 2.05) is 42.5 Å². The Morgan fingerprint density at radius 2 is 1.42 bits per heavy atom. The highest BCUT2D eigenvalue weighted by molar-refractivity contribution is 6.02. The van der Waals surface area contributed by atoms with Gasteiger partial charge in [-0.1, -0.05) is 86.0 Å². The Bertz CT molecular complexity index is 1890. The van der Waals surface area contributed by atoms with Gasteiger partial charge in [0, 0.05) is 18.5 Å². The number of carboxylic acid groups (broad SMARTS) is 2. The van der Waals surface area contributed by atoms with Crippen LogP contribution in [0.2, 0.25) is 0 Å². The molecule has 0 aliphatic heterocycles. The number of hydrogen-bond acceptors (Lipinski definition) is 9. The monoisotopic (exact) mass is 765 g/mol. The summed E-state index contributed by atoms with van der Waals surface area (Å²) >= 11 is 0. The van der Waals surface area contributed by atoms with Crippen LogP contribution in [-0.2, 0) is 52.1 Å². The van der Waals surface area contributed by atoms with Crippen molar-refractivity contribution >= 4 is 52.2 Å². The van der Waals surface area contributed by atoms with Gasteiger partial charge in [-0.15, -0.1) is 0 Å². The van der Waals surface area contributed by atoms with Crippen LogP contribution in [0.1, 0.15) is 61.6 Å². The minimum absolute atomic E-state index is 0.0987. The predicted octanol–water partition coefficient (Wildman–Crippen LogP) is 0.440. The standard InChI is InChI=1S/C38H44FN5O11/c39-38(35(52)53,36(54)55)25-15-13-22(14-16-25)20-27(42-32(48)33(49)50)31(47)44-37(17-4-1-5-18-37)34(51)43-28(21-29(40)45)30(46)41-19-7-11-24-10-6-9-23-8-2-3-12-26(23)24/h2-3,6,8-10,12-16,27-28,33,49-50H,1,4-5,7,11,17-21H2,(H2,40,45)(H,41,46)(H,42,48)(H,43,51)(H,44,47)(H,52,53)(H,54,55)/t27-,28-/m0/s1. The zero-order valence-electron chi connectivity index (χ0n) is 29.8. The summed E-state index contributed by atoms with van der Waals surface area (Å²) in [5.74, 6) is -9.21. The van der Waals surface area contributed by atoms with Crippen LogP contribution >= 0.6 is 0 Å². The fourth-order valence-corrected chi connectivity index (χ4v) is 6.62. The summed E-state index contributed by atoms with van der Waals surface area (Å²) in [6, 6.07) is 14.8. The second-order valence-corrected chi connectivity index (χ2v) is 13.5. The van der Waals surface area contributed by atoms with Crippen molar-refractivity contribution in [3.63, 3.8) is 0 Å². The van der Waals surface area contributed by atoms with E-state index in [-0.39, 0.29) is 24.9 Å². The van der Waals surface area contributed by atoms with E-state index in [0.29, 0.717) is 32.1 Å². The molecule has 1 aliphatic carbocycles. The number of aliphatic carboxylic acids is 2. The Morgan fingerprint density at radius 3 is 2.04 bits per heavy atom. The van der Waals surface area contributed by atoms with Crippen LogP contribution in [-0.4, -0.2) is 92.4 Å². The summed E-state index contributed by atoms with van der Waals surface area (Å²) in [5, 5.41) is 49.5. The molecule has 55 heavy (non-hydrogen) atoms. The quantitative estimate of drug-likeness (QED) is 0.0487. The van der Waals surface area contributed by atoms with Crippen molar-refractivity contribution < 1.29 is 58.4 Å². The van der Waals surface area contributed by atoms with E-state index in [9.17, 15) is 58.4 Å². The van der Waals surface area contributed by atoms with Gasteiger partial charge < -0.3 is 47.4 Å². The number of carbonyl (C=O) groups is 7. The Morgan fingerprint density at radius 1 is 0.782 bits per heavy atom. The lowest BCUT2D eigenvalue weighted by Gasteiger charge is -2.38. The molecule has 17 heteroatoms. The zero-order chi connectivity index (χ0) is 40.3. The molecule has 3 aromatic rings. The first-order chi connectivity index (χ1) is 26.1. The summed E-state index contributed by atoms with van der Waals surface area (Å²) in [6.45, 7) is 0.215. The minimum atomic E-state index is -3.77. The molecule has 10 N–H and O–H groups in total. The molecule has 1 saturated carbocycles. The molecule has 0 bridgehead atoms. The van der Waals surface area contributed by atoms with E-state index >= 15 is 0 Å². The lowest BCUT2D eigenvalue weighted by molar-refractivity contribution is -0.168. The summed E-state index contributed by atoms with van der Waals surface area (Å²) in [7, 11) is 0. The Labute approximate surface area is 314 Å². The number of aryl methyl sites for hydroxylation is 1. The average Bonchev–Trinajstić information content (AvgIpc) is 3.15. The SMILES string of the molecule is NC(=O)C[C@H](NC(=O)C1(NC(=O)[C@H](Cc2ccc(C(F)(C(=O)O)C(=O)O)cc2)NC(=O)C(O)O)CCCCC1)C(=O)NCCCc1cccc2ccccc12. The maximum Gasteiger partial charge on any atom is 0.358 e. The molecule has 5 amide bonds. The first kappa shape index (κ1) is 41.8. The number of carboxylic acids is 2. The van der Waals surface area contributed by atoms with Crippen molar-refractivity contribution in [2.75, 3.05) is 6.54 Å². The average molecular weight is 766 g/mol. The van der Waals surface area contributed by atoms with Gasteiger partial charge in [-0.05, 0) is 47.6 Å². The number of fused-ring (bicyclic) bond motifs is 1. The summed E-state index contributed by atoms with van der Waals surface area (Å²) in [4.78, 5) is 88.2. The molecular weight excluding hydrogens is 721 g/mol. The second kappa shape index (κ2) is 18.4. The molecule has 2 atom stereocenters. The van der Waals surface area contributed by atoms with Crippen LogP contribution in [0.15, 0.2) is 66.7 Å². The maximum absolute atomic E-state index is 14.9. The molecule has 0 unspecified atom stereocenters. The van der Waals surface area contributed by atoms with Gasteiger partial charge in [0.25, 0.3) is 5.91 Å². The van der Waals surface area contributed by atoms with Crippen molar-refractivity contribution in [1.82, 2.24) is 21.3 Å². The normalized spacial score (nSPS) is 15.0. The van der Waals surface area contributed by atoms with E-state index in [1.54, 1.807) is 0 Å². The predicted molar refractivity (Wildman–Crippen MR) is 193 cm³/mol. The third-order valence-electron chi connectivity index (χ3n) is 9.58. The Hall–Kier alpha value is -5.94. The second-order valence-electron chi connectivity index (χ2n) is 13.5. The van der Waals surface area contributed by atoms with Crippen molar-refractivity contribution in [3.05, 3.63) is 83.4 Å². The van der Waals surface area contributed by atoms with E-state index in [2.05, 4.69) is 21.3 Å². The van der Waals surface area contributed by atoms with Gasteiger partial charge in [0.05, 0.1) is 6.42 Å². The zero-order valence-corrected chi connectivity index (χ0v) is 29.8. The molecule has 1 aliphatic rings. The largest absolute Gasteiger partial charge is 0.478 e. The van der Waals surface area contributed by atoms with Crippen LogP contribution in [0.5, 0.6) is 0 Å². The molecule has 0 spiro atoms. The molecule has 16 nitrogen and oxygen atoms in total. The molecule has 4 rings (SSSR count). The minimum Gasteiger partial charge on any atom is -0.478 e. The number of hydrogen-bond donors (Lipinski definition) is 9. The number of halogens is 1. The fraction of sp³-hybridized carbons (Fsp3) is 0.395. The van der Waals surface area contributed by atoms with Gasteiger partial charge in [-0.3, -0.25) is 24.0 Å². The molecular formula is C38H44FN5O11. The van der Waals surface area contributed by atoms with E-state index in [4.69, 9.17) is 5.73 Å². The number of nitrogens with two attached hydrogens (primary N) is 1. The number of primary amides is 1. The maximum atomic E-state index is 14.9. The molecule has 0 saturated heterocycles. The first-order valence-corrected chi connectivity index (χ1v) is 17.6. The van der Waals surface area contributed by atoms with Crippen LogP contribution in [0.3, 0.4) is 0 Å². The van der Waals surface area contributed by atoms with Gasteiger partial charge in [0.1, 0.15) is 17.6 Å². The third-order valence-corrected chi connectivity index (χ3v) is 9.58. The van der Waals surface area contributed by atoms with Crippen molar-refractivity contribution in [2.24, 2.45) is 5.73 Å². The van der Waals surface area contributed by atoms with Crippen molar-refractivity contribution in [1.29, 1.82) is 0 Å². The molecule has 294 valence electrons. The van der Waals surface area contributed by atoms with Crippen LogP contribution < -0.4 is 27.0 Å². The number of aliphatic hydroxyl groups excluding tert-OH is 1. The fourth-order valence-electron chi connectivity index (χ4n) is 6.62. The highest BCUT2D eigenvalue weighted by atomic mass is 19.1. The first-order valence-electron chi connectivity index (χ1n) is 17.6. The Kier molecular flexibility index (Phi) is 14.0. The number of aliphatic hydroxyl groups is 2. The van der Waals surface area contributed by atoms with Crippen molar-refractivity contribution in [3.8, 4) is 0 Å². The van der Waals surface area contributed by atoms with E-state index in [1.165, 1.54) is 0 Å². The number of amides is 5. The molecule has 0 heterocycles. The smallest absolute Gasteiger partial charge is 0.358 e.